The third kappa shape index (κ3) is 5.89. The summed E-state index contributed by atoms with van der Waals surface area (Å²) in [6.45, 7) is 0.0438. The van der Waals surface area contributed by atoms with Crippen molar-refractivity contribution in [2.75, 3.05) is 19.8 Å². The Bertz CT molecular complexity index is 218. The Hall–Kier alpha value is -0.850. The summed E-state index contributed by atoms with van der Waals surface area (Å²) in [5.74, 6) is -3.97. The summed E-state index contributed by atoms with van der Waals surface area (Å²) < 4.78 is 9.77. The minimum atomic E-state index is -1.42. The second-order valence-corrected chi connectivity index (χ2v) is 3.46. The van der Waals surface area contributed by atoms with Gasteiger partial charge in [0.15, 0.2) is 5.92 Å². The van der Waals surface area contributed by atoms with E-state index in [-0.39, 0.29) is 25.5 Å². The van der Waals surface area contributed by atoms with Gasteiger partial charge in [-0.25, -0.2) is 0 Å². The molecule has 0 aliphatic heterocycles. The number of alkyl halides is 1. The minimum absolute atomic E-state index is 0.0221. The molecule has 94 valence electrons. The van der Waals surface area contributed by atoms with Gasteiger partial charge >= 0.3 is 11.9 Å². The maximum atomic E-state index is 10.6. The van der Waals surface area contributed by atoms with Gasteiger partial charge in [0.1, 0.15) is 6.79 Å². The topological polar surface area (TPSA) is 93.1 Å². The van der Waals surface area contributed by atoms with E-state index in [0.717, 1.165) is 0 Å². The highest BCUT2D eigenvalue weighted by Crippen LogP contribution is 2.12. The van der Waals surface area contributed by atoms with E-state index in [0.29, 0.717) is 0 Å². The molecule has 0 bridgehead atoms. The molecule has 1 unspecified atom stereocenters. The average molecular weight is 255 g/mol. The largest absolute Gasteiger partial charge is 0.481 e. The first-order chi connectivity index (χ1) is 7.52. The van der Waals surface area contributed by atoms with Crippen molar-refractivity contribution in [1.29, 1.82) is 0 Å². The number of ether oxygens (including phenoxy) is 2. The summed E-state index contributed by atoms with van der Waals surface area (Å²) >= 11 is 5.57. The second kappa shape index (κ2) is 8.32. The zero-order chi connectivity index (χ0) is 12.6. The standard InChI is InChI=1S/C9H15ClO6/c1-15-5-16-6(4-10)2-3-7(8(11)12)9(13)14/h6-7H,2-5H2,1H3,(H,11,12)(H,13,14). The smallest absolute Gasteiger partial charge is 0.317 e. The van der Waals surface area contributed by atoms with Crippen LogP contribution in [0.3, 0.4) is 0 Å². The number of halogens is 1. The van der Waals surface area contributed by atoms with Crippen molar-refractivity contribution < 1.29 is 29.3 Å². The van der Waals surface area contributed by atoms with Gasteiger partial charge < -0.3 is 19.7 Å². The molecule has 0 aromatic carbocycles. The quantitative estimate of drug-likeness (QED) is 0.359. The van der Waals surface area contributed by atoms with Gasteiger partial charge in [-0.15, -0.1) is 11.6 Å². The Balaban J connectivity index is 4.06. The molecular formula is C9H15ClO6. The van der Waals surface area contributed by atoms with Crippen molar-refractivity contribution in [1.82, 2.24) is 0 Å². The lowest BCUT2D eigenvalue weighted by atomic mass is 10.0. The van der Waals surface area contributed by atoms with E-state index in [1.54, 1.807) is 0 Å². The molecule has 2 N–H and O–H groups in total. The molecule has 7 heteroatoms. The van der Waals surface area contributed by atoms with Crippen LogP contribution in [0, 0.1) is 5.92 Å². The van der Waals surface area contributed by atoms with E-state index in [1.807, 2.05) is 0 Å². The van der Waals surface area contributed by atoms with Crippen molar-refractivity contribution in [2.24, 2.45) is 5.92 Å². The van der Waals surface area contributed by atoms with Crippen molar-refractivity contribution >= 4 is 23.5 Å². The van der Waals surface area contributed by atoms with E-state index in [2.05, 4.69) is 4.74 Å². The predicted octanol–water partition coefficient (Wildman–Crippen LogP) is 0.780. The van der Waals surface area contributed by atoms with Gasteiger partial charge in [0.05, 0.1) is 6.10 Å². The van der Waals surface area contributed by atoms with Crippen LogP contribution in [0.1, 0.15) is 12.8 Å². The highest BCUT2D eigenvalue weighted by atomic mass is 35.5. The first-order valence-electron chi connectivity index (χ1n) is 4.65. The lowest BCUT2D eigenvalue weighted by molar-refractivity contribution is -0.155. The van der Waals surface area contributed by atoms with Crippen LogP contribution in [0.4, 0.5) is 0 Å². The van der Waals surface area contributed by atoms with E-state index in [9.17, 15) is 9.59 Å². The number of carboxylic acids is 2. The number of rotatable bonds is 9. The van der Waals surface area contributed by atoms with Gasteiger partial charge in [0.2, 0.25) is 0 Å². The Morgan fingerprint density at radius 2 is 1.81 bits per heavy atom. The highest BCUT2D eigenvalue weighted by molar-refractivity contribution is 6.18. The molecular weight excluding hydrogens is 240 g/mol. The summed E-state index contributed by atoms with van der Waals surface area (Å²) in [5, 5.41) is 17.3. The van der Waals surface area contributed by atoms with Crippen LogP contribution < -0.4 is 0 Å². The summed E-state index contributed by atoms with van der Waals surface area (Å²) in [4.78, 5) is 21.2. The van der Waals surface area contributed by atoms with Gasteiger partial charge in [-0.05, 0) is 12.8 Å². The number of hydrogen-bond donors (Lipinski definition) is 2. The highest BCUT2D eigenvalue weighted by Gasteiger charge is 2.26. The molecule has 0 spiro atoms. The zero-order valence-electron chi connectivity index (χ0n) is 8.89. The molecule has 0 heterocycles. The third-order valence-electron chi connectivity index (χ3n) is 1.97. The van der Waals surface area contributed by atoms with Gasteiger partial charge in [0, 0.05) is 13.0 Å². The van der Waals surface area contributed by atoms with E-state index in [1.165, 1.54) is 7.11 Å². The maximum Gasteiger partial charge on any atom is 0.317 e. The molecule has 0 aliphatic rings. The Morgan fingerprint density at radius 3 is 2.19 bits per heavy atom. The van der Waals surface area contributed by atoms with Crippen molar-refractivity contribution in [3.05, 3.63) is 0 Å². The minimum Gasteiger partial charge on any atom is -0.481 e. The Morgan fingerprint density at radius 1 is 1.25 bits per heavy atom. The van der Waals surface area contributed by atoms with Crippen LogP contribution >= 0.6 is 11.6 Å². The van der Waals surface area contributed by atoms with Crippen LogP contribution in [0.15, 0.2) is 0 Å². The number of hydrogen-bond acceptors (Lipinski definition) is 4. The normalized spacial score (nSPS) is 12.7. The van der Waals surface area contributed by atoms with Crippen LogP contribution in [0.5, 0.6) is 0 Å². The summed E-state index contributed by atoms with van der Waals surface area (Å²) in [7, 11) is 1.45. The fraction of sp³-hybridized carbons (Fsp3) is 0.778. The van der Waals surface area contributed by atoms with E-state index < -0.39 is 24.0 Å². The van der Waals surface area contributed by atoms with Gasteiger partial charge in [-0.2, -0.15) is 0 Å². The number of methoxy groups -OCH3 is 1. The van der Waals surface area contributed by atoms with Crippen LogP contribution in [0.25, 0.3) is 0 Å². The molecule has 0 saturated carbocycles. The SMILES string of the molecule is COCOC(CCl)CCC(C(=O)O)C(=O)O. The number of carboxylic acid groups (broad SMARTS) is 2. The molecule has 0 aromatic rings. The van der Waals surface area contributed by atoms with Gasteiger partial charge in [-0.3, -0.25) is 9.59 Å². The summed E-state index contributed by atoms with van der Waals surface area (Å²) in [6, 6.07) is 0. The molecule has 1 atom stereocenters. The number of carbonyl (C=O) groups is 2. The maximum absolute atomic E-state index is 10.6. The molecule has 6 nitrogen and oxygen atoms in total. The molecule has 16 heavy (non-hydrogen) atoms. The second-order valence-electron chi connectivity index (χ2n) is 3.16. The molecule has 0 amide bonds. The van der Waals surface area contributed by atoms with E-state index >= 15 is 0 Å². The monoisotopic (exact) mass is 254 g/mol. The molecule has 0 aliphatic carbocycles. The van der Waals surface area contributed by atoms with Crippen molar-refractivity contribution in [2.45, 2.75) is 18.9 Å². The third-order valence-corrected chi connectivity index (χ3v) is 2.31. The fourth-order valence-corrected chi connectivity index (χ4v) is 1.32. The van der Waals surface area contributed by atoms with Crippen molar-refractivity contribution in [3.63, 3.8) is 0 Å². The Kier molecular flexibility index (Phi) is 7.88. The molecule has 0 aromatic heterocycles. The molecule has 0 radical (unpaired) electrons. The first kappa shape index (κ1) is 15.2. The van der Waals surface area contributed by atoms with Crippen LogP contribution in [-0.2, 0) is 19.1 Å². The van der Waals surface area contributed by atoms with E-state index in [4.69, 9.17) is 26.6 Å². The predicted molar refractivity (Wildman–Crippen MR) is 55.5 cm³/mol. The molecule has 0 rings (SSSR count). The first-order valence-corrected chi connectivity index (χ1v) is 5.18. The van der Waals surface area contributed by atoms with Crippen molar-refractivity contribution in [3.8, 4) is 0 Å². The average Bonchev–Trinajstić information content (AvgIpc) is 2.22. The summed E-state index contributed by atoms with van der Waals surface area (Å²) in [5.41, 5.74) is 0. The lowest BCUT2D eigenvalue weighted by Gasteiger charge is -2.15. The zero-order valence-corrected chi connectivity index (χ0v) is 9.64. The van der Waals surface area contributed by atoms with Crippen LogP contribution in [-0.4, -0.2) is 48.0 Å². The number of aliphatic carboxylic acids is 2. The molecule has 0 saturated heterocycles. The van der Waals surface area contributed by atoms with Gasteiger partial charge in [-0.1, -0.05) is 0 Å². The van der Waals surface area contributed by atoms with Gasteiger partial charge in [0.25, 0.3) is 0 Å². The Labute approximate surface area is 98.1 Å². The lowest BCUT2D eigenvalue weighted by Crippen LogP contribution is -2.26. The summed E-state index contributed by atoms with van der Waals surface area (Å²) in [6.07, 6.45) is -0.162. The molecule has 0 fully saturated rings. The fourth-order valence-electron chi connectivity index (χ4n) is 1.07. The van der Waals surface area contributed by atoms with Crippen LogP contribution in [0.2, 0.25) is 0 Å².